The van der Waals surface area contributed by atoms with Crippen LogP contribution < -0.4 is 9.62 Å². The summed E-state index contributed by atoms with van der Waals surface area (Å²) >= 11 is -1.60. The third-order valence-electron chi connectivity index (χ3n) is 6.52. The van der Waals surface area contributed by atoms with Gasteiger partial charge in [0.05, 0.1) is 11.4 Å². The minimum absolute atomic E-state index is 0.0525. The monoisotopic (exact) mass is 559 g/mol. The maximum Gasteiger partial charge on any atom is 0.312 e. The molecule has 0 bridgehead atoms. The molecule has 0 radical (unpaired) electrons. The van der Waals surface area contributed by atoms with Gasteiger partial charge in [0.2, 0.25) is 0 Å². The zero-order chi connectivity index (χ0) is 28.1. The summed E-state index contributed by atoms with van der Waals surface area (Å²) in [5, 5.41) is 17.6. The van der Waals surface area contributed by atoms with E-state index < -0.39 is 23.1 Å². The van der Waals surface area contributed by atoms with E-state index in [0.717, 1.165) is 5.56 Å². The molecule has 2 heterocycles. The molecule has 11 heteroatoms. The number of hydrogen-bond acceptors (Lipinski definition) is 7. The number of phenols is 1. The van der Waals surface area contributed by atoms with Crippen molar-refractivity contribution in [3.8, 4) is 16.9 Å². The number of aromatic nitrogens is 2. The molecule has 0 spiro atoms. The number of hydrogen-bond donors (Lipinski definition) is 2. The molecule has 9 nitrogen and oxygen atoms in total. The Kier molecular flexibility index (Phi) is 8.23. The van der Waals surface area contributed by atoms with Crippen LogP contribution in [0.15, 0.2) is 84.9 Å². The predicted octanol–water partition coefficient (Wildman–Crippen LogP) is 3.54. The number of halogens is 1. The number of rotatable bonds is 7. The van der Waals surface area contributed by atoms with Crippen LogP contribution in [0.4, 0.5) is 10.2 Å². The van der Waals surface area contributed by atoms with Crippen LogP contribution in [0.25, 0.3) is 11.1 Å². The van der Waals surface area contributed by atoms with Crippen LogP contribution in [0.3, 0.4) is 0 Å². The van der Waals surface area contributed by atoms with Crippen molar-refractivity contribution >= 4 is 29.0 Å². The maximum atomic E-state index is 14.8. The van der Waals surface area contributed by atoms with Crippen molar-refractivity contribution in [3.63, 3.8) is 0 Å². The van der Waals surface area contributed by atoms with E-state index in [1.165, 1.54) is 24.3 Å². The number of aromatic hydroxyl groups is 1. The minimum atomic E-state index is -1.60. The summed E-state index contributed by atoms with van der Waals surface area (Å²) in [5.74, 6) is -0.521. The smallest absolute Gasteiger partial charge is 0.312 e. The number of carbonyl (C=O) groups is 2. The molecular weight excluding hydrogens is 533 g/mol. The van der Waals surface area contributed by atoms with Gasteiger partial charge in [0.1, 0.15) is 11.6 Å². The molecule has 2 amide bonds. The van der Waals surface area contributed by atoms with Gasteiger partial charge >= 0.3 is 5.91 Å². The first-order valence-electron chi connectivity index (χ1n) is 12.6. The summed E-state index contributed by atoms with van der Waals surface area (Å²) in [6.07, 6.45) is 0. The SMILES string of the molecule is O=C(N[S+]([O-])Cc1ccccc1)c1ccc(N2CCN(C(=O)c3ccc(-c4ccc(O)cc4)c(F)c3)CC2)nn1. The summed E-state index contributed by atoms with van der Waals surface area (Å²) in [7, 11) is 0. The van der Waals surface area contributed by atoms with Gasteiger partial charge in [0, 0.05) is 42.9 Å². The molecule has 2 N–H and O–H groups in total. The van der Waals surface area contributed by atoms with Crippen molar-refractivity contribution in [1.29, 1.82) is 0 Å². The average Bonchev–Trinajstić information content (AvgIpc) is 2.98. The van der Waals surface area contributed by atoms with Crippen molar-refractivity contribution in [2.24, 2.45) is 0 Å². The molecule has 5 rings (SSSR count). The first-order chi connectivity index (χ1) is 19.4. The summed E-state index contributed by atoms with van der Waals surface area (Å²) in [5.41, 5.74) is 2.11. The Morgan fingerprint density at radius 3 is 2.30 bits per heavy atom. The van der Waals surface area contributed by atoms with Crippen LogP contribution in [0.1, 0.15) is 26.4 Å². The summed E-state index contributed by atoms with van der Waals surface area (Å²) in [4.78, 5) is 29.0. The second-order valence-corrected chi connectivity index (χ2v) is 10.4. The molecule has 204 valence electrons. The van der Waals surface area contributed by atoms with E-state index in [9.17, 15) is 23.6 Å². The Bertz CT molecular complexity index is 1480. The topological polar surface area (TPSA) is 122 Å². The fourth-order valence-electron chi connectivity index (χ4n) is 4.38. The van der Waals surface area contributed by atoms with Gasteiger partial charge in [0.15, 0.2) is 17.3 Å². The molecular formula is C29H26FN5O4S. The normalized spacial score (nSPS) is 14.1. The number of nitrogens with one attached hydrogen (secondary N) is 1. The molecule has 4 aromatic rings. The molecule has 0 saturated carbocycles. The molecule has 40 heavy (non-hydrogen) atoms. The Balaban J connectivity index is 1.14. The Morgan fingerprint density at radius 1 is 0.925 bits per heavy atom. The number of nitrogens with zero attached hydrogens (tertiary/aromatic N) is 4. The molecule has 0 aliphatic carbocycles. The second-order valence-electron chi connectivity index (χ2n) is 9.20. The maximum absolute atomic E-state index is 14.8. The van der Waals surface area contributed by atoms with Crippen LogP contribution in [0.5, 0.6) is 5.75 Å². The molecule has 3 aromatic carbocycles. The quantitative estimate of drug-likeness (QED) is 0.332. The molecule has 1 aliphatic rings. The third-order valence-corrected chi connectivity index (χ3v) is 7.52. The molecule has 1 atom stereocenters. The van der Waals surface area contributed by atoms with Gasteiger partial charge in [-0.15, -0.1) is 10.2 Å². The summed E-state index contributed by atoms with van der Waals surface area (Å²) < 4.78 is 29.5. The van der Waals surface area contributed by atoms with Crippen LogP contribution in [-0.4, -0.2) is 62.7 Å². The van der Waals surface area contributed by atoms with E-state index >= 15 is 0 Å². The van der Waals surface area contributed by atoms with Crippen LogP contribution in [-0.2, 0) is 17.1 Å². The Morgan fingerprint density at radius 2 is 1.65 bits per heavy atom. The highest BCUT2D eigenvalue weighted by molar-refractivity contribution is 7.89. The lowest BCUT2D eigenvalue weighted by Crippen LogP contribution is -2.49. The van der Waals surface area contributed by atoms with Gasteiger partial charge in [-0.3, -0.25) is 9.59 Å². The van der Waals surface area contributed by atoms with E-state index in [-0.39, 0.29) is 28.7 Å². The average molecular weight is 560 g/mol. The molecule has 1 unspecified atom stereocenters. The molecule has 1 aliphatic heterocycles. The van der Waals surface area contributed by atoms with Gasteiger partial charge in [-0.1, -0.05) is 48.5 Å². The van der Waals surface area contributed by atoms with E-state index in [4.69, 9.17) is 0 Å². The zero-order valence-electron chi connectivity index (χ0n) is 21.4. The van der Waals surface area contributed by atoms with Crippen molar-refractivity contribution in [1.82, 2.24) is 19.8 Å². The molecule has 1 saturated heterocycles. The number of anilines is 1. The summed E-state index contributed by atoms with van der Waals surface area (Å²) in [6, 6.07) is 23.0. The van der Waals surface area contributed by atoms with Crippen molar-refractivity contribution in [2.45, 2.75) is 5.75 Å². The third kappa shape index (κ3) is 6.38. The number of amides is 2. The highest BCUT2D eigenvalue weighted by atomic mass is 32.2. The first-order valence-corrected chi connectivity index (χ1v) is 13.9. The molecule has 1 aromatic heterocycles. The van der Waals surface area contributed by atoms with Crippen molar-refractivity contribution < 1.29 is 23.6 Å². The van der Waals surface area contributed by atoms with Crippen LogP contribution in [0, 0.1) is 5.82 Å². The highest BCUT2D eigenvalue weighted by Gasteiger charge is 2.24. The predicted molar refractivity (Wildman–Crippen MR) is 149 cm³/mol. The Labute approximate surface area is 233 Å². The second kappa shape index (κ2) is 12.1. The lowest BCUT2D eigenvalue weighted by Gasteiger charge is -2.35. The lowest BCUT2D eigenvalue weighted by atomic mass is 10.0. The number of piperazine rings is 1. The van der Waals surface area contributed by atoms with Crippen molar-refractivity contribution in [2.75, 3.05) is 31.1 Å². The van der Waals surface area contributed by atoms with Gasteiger partial charge < -0.3 is 19.5 Å². The van der Waals surface area contributed by atoms with Gasteiger partial charge in [-0.25, -0.2) is 4.39 Å². The number of carbonyl (C=O) groups excluding carboxylic acids is 2. The Hall–Kier alpha value is -4.48. The van der Waals surface area contributed by atoms with Crippen molar-refractivity contribution in [3.05, 3.63) is 108 Å². The van der Waals surface area contributed by atoms with E-state index in [1.807, 2.05) is 35.2 Å². The van der Waals surface area contributed by atoms with E-state index in [2.05, 4.69) is 14.9 Å². The van der Waals surface area contributed by atoms with E-state index in [1.54, 1.807) is 35.2 Å². The van der Waals surface area contributed by atoms with Crippen LogP contribution in [0.2, 0.25) is 0 Å². The zero-order valence-corrected chi connectivity index (χ0v) is 22.2. The fourth-order valence-corrected chi connectivity index (χ4v) is 5.26. The number of phenolic OH excluding ortho intramolecular Hbond substituents is 1. The van der Waals surface area contributed by atoms with E-state index in [0.29, 0.717) is 43.1 Å². The molecule has 1 fully saturated rings. The fraction of sp³-hybridized carbons (Fsp3) is 0.172. The minimum Gasteiger partial charge on any atom is -0.593 e. The van der Waals surface area contributed by atoms with Gasteiger partial charge in [-0.2, -0.15) is 4.72 Å². The lowest BCUT2D eigenvalue weighted by molar-refractivity contribution is 0.0745. The van der Waals surface area contributed by atoms with Gasteiger partial charge in [-0.05, 0) is 42.0 Å². The van der Waals surface area contributed by atoms with Gasteiger partial charge in [0.25, 0.3) is 5.91 Å². The largest absolute Gasteiger partial charge is 0.593 e. The van der Waals surface area contributed by atoms with Crippen LogP contribution >= 0.6 is 0 Å². The standard InChI is InChI=1S/C29H26FN5O4S/c30-25-18-22(8-11-24(25)21-6-9-23(36)10-7-21)29(38)35-16-14-34(15-17-35)27-13-12-26(31-32-27)28(37)33-40(39)19-20-4-2-1-3-5-20/h1-13,18,36H,14-17,19H2,(H,33,37). The summed E-state index contributed by atoms with van der Waals surface area (Å²) in [6.45, 7) is 1.79. The highest BCUT2D eigenvalue weighted by Crippen LogP contribution is 2.26. The number of benzene rings is 3. The first kappa shape index (κ1) is 27.1.